The summed E-state index contributed by atoms with van der Waals surface area (Å²) in [4.78, 5) is 11.5. The van der Waals surface area contributed by atoms with Gasteiger partial charge in [0, 0.05) is 5.57 Å². The molecule has 0 atom stereocenters. The maximum Gasteiger partial charge on any atom is 0.150 e. The van der Waals surface area contributed by atoms with Crippen molar-refractivity contribution in [1.29, 1.82) is 0 Å². The molecule has 22 heavy (non-hydrogen) atoms. The monoisotopic (exact) mass is 288 g/mol. The van der Waals surface area contributed by atoms with E-state index in [2.05, 4.69) is 49.9 Å². The Balaban J connectivity index is 2.37. The Morgan fingerprint density at radius 3 is 2.59 bits per heavy atom. The minimum atomic E-state index is 0.817. The summed E-state index contributed by atoms with van der Waals surface area (Å²) in [5.74, 6) is 0. The van der Waals surface area contributed by atoms with E-state index >= 15 is 0 Å². The van der Waals surface area contributed by atoms with Gasteiger partial charge < -0.3 is 0 Å². The summed E-state index contributed by atoms with van der Waals surface area (Å²) >= 11 is 0. The summed E-state index contributed by atoms with van der Waals surface area (Å²) in [6.07, 6.45) is 3.93. The zero-order valence-corrected chi connectivity index (χ0v) is 13.4. The molecule has 0 saturated carbocycles. The van der Waals surface area contributed by atoms with Crippen LogP contribution in [-0.4, -0.2) is 6.29 Å². The first-order valence-electron chi connectivity index (χ1n) is 7.58. The van der Waals surface area contributed by atoms with Gasteiger partial charge in [-0.05, 0) is 71.4 Å². The van der Waals surface area contributed by atoms with Crippen LogP contribution in [0.2, 0.25) is 0 Å². The third kappa shape index (κ3) is 2.14. The molecule has 1 aliphatic carbocycles. The largest absolute Gasteiger partial charge is 0.298 e. The molecular weight excluding hydrogens is 268 g/mol. The molecule has 0 N–H and O–H groups in total. The van der Waals surface area contributed by atoms with Crippen molar-refractivity contribution in [3.05, 3.63) is 70.8 Å². The average molecular weight is 288 g/mol. The van der Waals surface area contributed by atoms with Crippen molar-refractivity contribution in [2.75, 3.05) is 0 Å². The summed E-state index contributed by atoms with van der Waals surface area (Å²) in [7, 11) is 0. The van der Waals surface area contributed by atoms with Crippen LogP contribution >= 0.6 is 0 Å². The van der Waals surface area contributed by atoms with E-state index in [1.54, 1.807) is 0 Å². The fourth-order valence-corrected chi connectivity index (χ4v) is 3.36. The van der Waals surface area contributed by atoms with Gasteiger partial charge in [-0.2, -0.15) is 0 Å². The van der Waals surface area contributed by atoms with Crippen molar-refractivity contribution in [3.63, 3.8) is 0 Å². The van der Waals surface area contributed by atoms with Crippen LogP contribution in [0.1, 0.15) is 37.0 Å². The lowest BCUT2D eigenvalue weighted by atomic mass is 9.87. The Morgan fingerprint density at radius 1 is 1.14 bits per heavy atom. The Hall–Kier alpha value is -2.41. The van der Waals surface area contributed by atoms with E-state index in [-0.39, 0.29) is 0 Å². The number of aryl methyl sites for hydroxylation is 1. The molecule has 0 spiro atoms. The van der Waals surface area contributed by atoms with Crippen LogP contribution in [0, 0.1) is 6.92 Å². The number of fused-ring (bicyclic) bond motifs is 1. The molecule has 1 aliphatic rings. The first-order valence-corrected chi connectivity index (χ1v) is 7.58. The van der Waals surface area contributed by atoms with E-state index in [0.29, 0.717) is 0 Å². The fraction of sp³-hybridized carbons (Fsp3) is 0.190. The lowest BCUT2D eigenvalue weighted by molar-refractivity contribution is -0.104. The smallest absolute Gasteiger partial charge is 0.150 e. The maximum absolute atomic E-state index is 11.5. The number of rotatable bonds is 3. The molecule has 2 aromatic carbocycles. The van der Waals surface area contributed by atoms with E-state index in [1.165, 1.54) is 21.9 Å². The van der Waals surface area contributed by atoms with Gasteiger partial charge in [-0.25, -0.2) is 0 Å². The quantitative estimate of drug-likeness (QED) is 0.683. The number of hydrogen-bond donors (Lipinski definition) is 0. The molecule has 2 aromatic rings. The topological polar surface area (TPSA) is 17.1 Å². The predicted octanol–water partition coefficient (Wildman–Crippen LogP) is 5.48. The molecule has 0 aliphatic heterocycles. The van der Waals surface area contributed by atoms with Crippen molar-refractivity contribution in [2.24, 2.45) is 0 Å². The number of carbonyl (C=O) groups excluding carboxylic acids is 1. The summed E-state index contributed by atoms with van der Waals surface area (Å²) in [6, 6.07) is 10.7. The minimum absolute atomic E-state index is 0.817. The van der Waals surface area contributed by atoms with Gasteiger partial charge in [0.1, 0.15) is 0 Å². The number of allylic oxidation sites excluding steroid dienone is 5. The van der Waals surface area contributed by atoms with Crippen molar-refractivity contribution in [1.82, 2.24) is 0 Å². The Labute approximate surface area is 131 Å². The molecule has 0 saturated heterocycles. The number of carbonyl (C=O) groups is 1. The molecule has 1 heteroatoms. The molecule has 0 heterocycles. The molecule has 1 nitrogen and oxygen atoms in total. The standard InChI is InChI=1S/C21H20O/c1-13(2)21-18-7-5-6-14(3)16(18)10-11-19(21)17-9-8-15(4)20(17)12-22/h5-8,10-12H,1,9H2,2-4H3. The van der Waals surface area contributed by atoms with E-state index in [4.69, 9.17) is 0 Å². The lowest BCUT2D eigenvalue weighted by Gasteiger charge is -2.16. The first-order chi connectivity index (χ1) is 10.5. The highest BCUT2D eigenvalue weighted by Crippen LogP contribution is 2.39. The number of aldehydes is 1. The molecule has 0 unspecified atom stereocenters. The molecule has 0 radical (unpaired) electrons. The highest BCUT2D eigenvalue weighted by Gasteiger charge is 2.19. The maximum atomic E-state index is 11.5. The van der Waals surface area contributed by atoms with E-state index in [0.717, 1.165) is 40.6 Å². The second kappa shape index (κ2) is 5.42. The van der Waals surface area contributed by atoms with E-state index < -0.39 is 0 Å². The highest BCUT2D eigenvalue weighted by atomic mass is 16.1. The van der Waals surface area contributed by atoms with Gasteiger partial charge in [-0.3, -0.25) is 4.79 Å². The van der Waals surface area contributed by atoms with Crippen LogP contribution in [0.15, 0.2) is 54.1 Å². The van der Waals surface area contributed by atoms with Gasteiger partial charge in [0.2, 0.25) is 0 Å². The Morgan fingerprint density at radius 2 is 1.91 bits per heavy atom. The SMILES string of the molecule is C=C(C)c1c(C2=C(C=O)C(C)=CC2)ccc2c(C)cccc12. The summed E-state index contributed by atoms with van der Waals surface area (Å²) in [5, 5.41) is 2.47. The van der Waals surface area contributed by atoms with Gasteiger partial charge in [-0.15, -0.1) is 0 Å². The van der Waals surface area contributed by atoms with Crippen LogP contribution in [0.3, 0.4) is 0 Å². The van der Waals surface area contributed by atoms with Gasteiger partial charge >= 0.3 is 0 Å². The van der Waals surface area contributed by atoms with Crippen molar-refractivity contribution in [2.45, 2.75) is 27.2 Å². The predicted molar refractivity (Wildman–Crippen MR) is 94.8 cm³/mol. The van der Waals surface area contributed by atoms with Crippen molar-refractivity contribution >= 4 is 28.2 Å². The molecular formula is C21H20O. The number of benzene rings is 2. The summed E-state index contributed by atoms with van der Waals surface area (Å²) in [6.45, 7) is 10.3. The van der Waals surface area contributed by atoms with Crippen LogP contribution in [0.4, 0.5) is 0 Å². The normalized spacial score (nSPS) is 14.4. The Kier molecular flexibility index (Phi) is 3.58. The lowest BCUT2D eigenvalue weighted by Crippen LogP contribution is -1.96. The van der Waals surface area contributed by atoms with Crippen LogP contribution < -0.4 is 0 Å². The van der Waals surface area contributed by atoms with E-state index in [9.17, 15) is 4.79 Å². The molecule has 0 fully saturated rings. The highest BCUT2D eigenvalue weighted by molar-refractivity contribution is 6.04. The van der Waals surface area contributed by atoms with Crippen LogP contribution in [-0.2, 0) is 4.79 Å². The zero-order chi connectivity index (χ0) is 15.9. The fourth-order valence-electron chi connectivity index (χ4n) is 3.36. The average Bonchev–Trinajstić information content (AvgIpc) is 2.87. The summed E-state index contributed by atoms with van der Waals surface area (Å²) < 4.78 is 0. The molecule has 0 bridgehead atoms. The first kappa shape index (κ1) is 14.5. The summed E-state index contributed by atoms with van der Waals surface area (Å²) in [5.41, 5.74) is 7.62. The van der Waals surface area contributed by atoms with Crippen LogP contribution in [0.25, 0.3) is 21.9 Å². The molecule has 0 aromatic heterocycles. The van der Waals surface area contributed by atoms with Gasteiger partial charge in [0.05, 0.1) is 0 Å². The van der Waals surface area contributed by atoms with Gasteiger partial charge in [0.15, 0.2) is 6.29 Å². The number of hydrogen-bond acceptors (Lipinski definition) is 1. The van der Waals surface area contributed by atoms with Crippen LogP contribution in [0.5, 0.6) is 0 Å². The molecule has 3 rings (SSSR count). The molecule has 0 amide bonds. The third-order valence-electron chi connectivity index (χ3n) is 4.51. The third-order valence-corrected chi connectivity index (χ3v) is 4.51. The molecule has 110 valence electrons. The van der Waals surface area contributed by atoms with E-state index in [1.807, 2.05) is 13.8 Å². The second-order valence-electron chi connectivity index (χ2n) is 6.04. The van der Waals surface area contributed by atoms with Crippen molar-refractivity contribution in [3.8, 4) is 0 Å². The van der Waals surface area contributed by atoms with Crippen molar-refractivity contribution < 1.29 is 4.79 Å². The van der Waals surface area contributed by atoms with Gasteiger partial charge in [-0.1, -0.05) is 43.0 Å². The zero-order valence-electron chi connectivity index (χ0n) is 13.4. The van der Waals surface area contributed by atoms with Gasteiger partial charge in [0.25, 0.3) is 0 Å². The Bertz CT molecular complexity index is 863. The minimum Gasteiger partial charge on any atom is -0.298 e. The second-order valence-corrected chi connectivity index (χ2v) is 6.04.